The number of benzene rings is 2. The van der Waals surface area contributed by atoms with E-state index in [-0.39, 0.29) is 16.8 Å². The lowest BCUT2D eigenvalue weighted by Crippen LogP contribution is -2.42. The second kappa shape index (κ2) is 7.94. The van der Waals surface area contributed by atoms with E-state index >= 15 is 0 Å². The van der Waals surface area contributed by atoms with E-state index in [0.717, 1.165) is 21.3 Å². The predicted molar refractivity (Wildman–Crippen MR) is 132 cm³/mol. The number of rotatable bonds is 2. The van der Waals surface area contributed by atoms with E-state index in [1.165, 1.54) is 11.3 Å². The molecule has 0 bridgehead atoms. The van der Waals surface area contributed by atoms with E-state index in [1.807, 2.05) is 42.5 Å². The zero-order chi connectivity index (χ0) is 22.6. The van der Waals surface area contributed by atoms with Gasteiger partial charge in [0.05, 0.1) is 16.3 Å². The van der Waals surface area contributed by atoms with Gasteiger partial charge < -0.3 is 0 Å². The Hall–Kier alpha value is -2.28. The fourth-order valence-corrected chi connectivity index (χ4v) is 5.83. The molecule has 0 saturated heterocycles. The number of hydrogen-bond acceptors (Lipinski definition) is 4. The molecule has 2 aromatic carbocycles. The highest BCUT2D eigenvalue weighted by Gasteiger charge is 2.40. The number of Topliss-reactive ketones (excluding diaryl/α,β-unsaturated/α-hetero) is 1. The molecular formula is C25H20BrClN2O2S. The smallest absolute Gasteiger partial charge is 0.271 e. The lowest BCUT2D eigenvalue weighted by molar-refractivity contribution is -0.118. The minimum atomic E-state index is -0.467. The molecule has 0 radical (unpaired) electrons. The van der Waals surface area contributed by atoms with Gasteiger partial charge in [0.2, 0.25) is 0 Å². The summed E-state index contributed by atoms with van der Waals surface area (Å²) < 4.78 is 3.21. The number of carbonyl (C=O) groups is 1. The third kappa shape index (κ3) is 3.85. The Kier molecular flexibility index (Phi) is 5.35. The number of carbonyl (C=O) groups excluding carboxylic acids is 1. The van der Waals surface area contributed by atoms with Crippen molar-refractivity contribution in [2.24, 2.45) is 10.4 Å². The summed E-state index contributed by atoms with van der Waals surface area (Å²) in [5.41, 5.74) is 2.96. The molecule has 1 unspecified atom stereocenters. The van der Waals surface area contributed by atoms with Crippen molar-refractivity contribution in [2.75, 3.05) is 0 Å². The van der Waals surface area contributed by atoms with Gasteiger partial charge in [-0.3, -0.25) is 14.2 Å². The van der Waals surface area contributed by atoms with Crippen molar-refractivity contribution in [3.05, 3.63) is 100 Å². The third-order valence-corrected chi connectivity index (χ3v) is 7.61. The highest BCUT2D eigenvalue weighted by Crippen LogP contribution is 2.43. The molecule has 7 heteroatoms. The number of aromatic nitrogens is 1. The van der Waals surface area contributed by atoms with Crippen LogP contribution in [0, 0.1) is 5.41 Å². The molecule has 2 aliphatic rings. The summed E-state index contributed by atoms with van der Waals surface area (Å²) in [6, 6.07) is 14.7. The second-order valence-corrected chi connectivity index (χ2v) is 11.3. The average Bonchev–Trinajstić information content (AvgIpc) is 3.03. The Morgan fingerprint density at radius 2 is 1.78 bits per heavy atom. The molecule has 2 heterocycles. The standard InChI is InChI=1S/C25H20BrClN2O2S/c1-25(2)12-18-21(19(30)13-25)22(15-5-7-16(26)8-6-15)29-23(31)20(32-24(29)28-18)11-14-3-9-17(27)10-4-14/h3-11,22H,12-13H2,1-2H3. The van der Waals surface area contributed by atoms with Gasteiger partial charge in [-0.2, -0.15) is 0 Å². The molecule has 0 fully saturated rings. The van der Waals surface area contributed by atoms with Crippen LogP contribution in [0.3, 0.4) is 0 Å². The van der Waals surface area contributed by atoms with Crippen LogP contribution in [0.1, 0.15) is 43.9 Å². The molecule has 3 aromatic rings. The van der Waals surface area contributed by atoms with Crippen molar-refractivity contribution in [2.45, 2.75) is 32.7 Å². The monoisotopic (exact) mass is 526 g/mol. The van der Waals surface area contributed by atoms with Crippen LogP contribution in [0.2, 0.25) is 5.02 Å². The van der Waals surface area contributed by atoms with Gasteiger partial charge in [-0.05, 0) is 53.3 Å². The van der Waals surface area contributed by atoms with Crippen LogP contribution in [0.15, 0.2) is 74.1 Å². The summed E-state index contributed by atoms with van der Waals surface area (Å²) in [5.74, 6) is 0.0694. The lowest BCUT2D eigenvalue weighted by Gasteiger charge is -2.35. The van der Waals surface area contributed by atoms with Crippen molar-refractivity contribution in [3.63, 3.8) is 0 Å². The van der Waals surface area contributed by atoms with E-state index in [2.05, 4.69) is 29.8 Å². The van der Waals surface area contributed by atoms with Gasteiger partial charge in [0.25, 0.3) is 5.56 Å². The average molecular weight is 528 g/mol. The highest BCUT2D eigenvalue weighted by molar-refractivity contribution is 9.10. The molecule has 1 atom stereocenters. The minimum Gasteiger partial charge on any atom is -0.294 e. The van der Waals surface area contributed by atoms with Gasteiger partial charge in [0.1, 0.15) is 0 Å². The quantitative estimate of drug-likeness (QED) is 0.470. The molecule has 0 N–H and O–H groups in total. The molecule has 5 rings (SSSR count). The van der Waals surface area contributed by atoms with Gasteiger partial charge in [-0.25, -0.2) is 4.99 Å². The number of halogens is 2. The number of thiazole rings is 1. The fraction of sp³-hybridized carbons (Fsp3) is 0.240. The zero-order valence-electron chi connectivity index (χ0n) is 17.6. The Morgan fingerprint density at radius 3 is 2.47 bits per heavy atom. The van der Waals surface area contributed by atoms with Crippen molar-refractivity contribution in [1.29, 1.82) is 0 Å². The maximum absolute atomic E-state index is 13.6. The highest BCUT2D eigenvalue weighted by atomic mass is 79.9. The molecule has 0 saturated carbocycles. The van der Waals surface area contributed by atoms with E-state index in [1.54, 1.807) is 16.7 Å². The van der Waals surface area contributed by atoms with Crippen molar-refractivity contribution >= 4 is 50.7 Å². The van der Waals surface area contributed by atoms with E-state index in [4.69, 9.17) is 16.6 Å². The zero-order valence-corrected chi connectivity index (χ0v) is 20.7. The van der Waals surface area contributed by atoms with Crippen LogP contribution in [-0.4, -0.2) is 10.4 Å². The van der Waals surface area contributed by atoms with Crippen molar-refractivity contribution in [3.8, 4) is 0 Å². The largest absolute Gasteiger partial charge is 0.294 e. The lowest BCUT2D eigenvalue weighted by atomic mass is 9.73. The number of hydrogen-bond donors (Lipinski definition) is 0. The maximum atomic E-state index is 13.6. The maximum Gasteiger partial charge on any atom is 0.271 e. The molecule has 0 amide bonds. The van der Waals surface area contributed by atoms with Crippen LogP contribution in [0.5, 0.6) is 0 Å². The number of ketones is 1. The SMILES string of the molecule is CC1(C)CC(=O)C2=C(C1)N=c1sc(=Cc3ccc(Cl)cc3)c(=O)n1C2c1ccc(Br)cc1. The van der Waals surface area contributed by atoms with Gasteiger partial charge in [-0.15, -0.1) is 0 Å². The number of fused-ring (bicyclic) bond motifs is 1. The first-order chi connectivity index (χ1) is 15.2. The first kappa shape index (κ1) is 21.6. The van der Waals surface area contributed by atoms with E-state index in [0.29, 0.717) is 32.8 Å². The van der Waals surface area contributed by atoms with Crippen molar-refractivity contribution < 1.29 is 4.79 Å². The van der Waals surface area contributed by atoms with Crippen LogP contribution < -0.4 is 14.9 Å². The molecule has 1 aliphatic heterocycles. The topological polar surface area (TPSA) is 51.4 Å². The second-order valence-electron chi connectivity index (χ2n) is 8.99. The molecule has 1 aliphatic carbocycles. The molecule has 0 spiro atoms. The number of nitrogens with zero attached hydrogens (tertiary/aromatic N) is 2. The van der Waals surface area contributed by atoms with E-state index < -0.39 is 6.04 Å². The number of allylic oxidation sites excluding steroid dienone is 2. The van der Waals surface area contributed by atoms with Gasteiger partial charge in [0.15, 0.2) is 10.6 Å². The van der Waals surface area contributed by atoms with E-state index in [9.17, 15) is 9.59 Å². The van der Waals surface area contributed by atoms with Crippen molar-refractivity contribution in [1.82, 2.24) is 4.57 Å². The summed E-state index contributed by atoms with van der Waals surface area (Å²) >= 11 is 10.8. The Balaban J connectivity index is 1.76. The van der Waals surface area contributed by atoms with Gasteiger partial charge >= 0.3 is 0 Å². The predicted octanol–water partition coefficient (Wildman–Crippen LogP) is 5.02. The summed E-state index contributed by atoms with van der Waals surface area (Å²) in [7, 11) is 0. The third-order valence-electron chi connectivity index (χ3n) is 5.85. The minimum absolute atomic E-state index is 0.0694. The van der Waals surface area contributed by atoms with Crippen LogP contribution in [0.4, 0.5) is 0 Å². The fourth-order valence-electron chi connectivity index (χ4n) is 4.42. The molecule has 4 nitrogen and oxygen atoms in total. The molecule has 1 aromatic heterocycles. The summed E-state index contributed by atoms with van der Waals surface area (Å²) in [4.78, 5) is 32.3. The Labute approximate surface area is 202 Å². The first-order valence-corrected chi connectivity index (χ1v) is 12.3. The summed E-state index contributed by atoms with van der Waals surface area (Å²) in [6.45, 7) is 4.18. The summed E-state index contributed by atoms with van der Waals surface area (Å²) in [6.07, 6.45) is 3.02. The van der Waals surface area contributed by atoms with Crippen LogP contribution in [-0.2, 0) is 4.79 Å². The van der Waals surface area contributed by atoms with Gasteiger partial charge in [-0.1, -0.05) is 77.0 Å². The molecule has 32 heavy (non-hydrogen) atoms. The first-order valence-electron chi connectivity index (χ1n) is 10.3. The Morgan fingerprint density at radius 1 is 1.09 bits per heavy atom. The normalized spacial score (nSPS) is 20.1. The molecule has 162 valence electrons. The summed E-state index contributed by atoms with van der Waals surface area (Å²) in [5, 5.41) is 0.646. The van der Waals surface area contributed by atoms with Gasteiger partial charge in [0, 0.05) is 21.5 Å². The molecular weight excluding hydrogens is 508 g/mol. The van der Waals surface area contributed by atoms with Crippen LogP contribution >= 0.6 is 38.9 Å². The Bertz CT molecular complexity index is 1450. The van der Waals surface area contributed by atoms with Crippen LogP contribution in [0.25, 0.3) is 6.08 Å².